The van der Waals surface area contributed by atoms with E-state index in [9.17, 15) is 4.39 Å². The molecule has 0 saturated carbocycles. The average molecular weight is 216 g/mol. The Bertz CT molecular complexity index is 326. The minimum Gasteiger partial charge on any atom is -0.371 e. The number of hydrogen-bond acceptors (Lipinski definition) is 2. The monoisotopic (exact) mass is 215 g/mol. The first kappa shape index (κ1) is 9.90. The van der Waals surface area contributed by atoms with Gasteiger partial charge in [0.1, 0.15) is 5.82 Å². The van der Waals surface area contributed by atoms with E-state index in [1.54, 1.807) is 12.1 Å². The molecule has 1 heterocycles. The van der Waals surface area contributed by atoms with E-state index in [-0.39, 0.29) is 16.9 Å². The van der Waals surface area contributed by atoms with Crippen molar-refractivity contribution < 1.29 is 9.13 Å². The van der Waals surface area contributed by atoms with Gasteiger partial charge in [0.25, 0.3) is 0 Å². The topological polar surface area (TPSA) is 21.3 Å². The largest absolute Gasteiger partial charge is 0.371 e. The molecule has 0 aliphatic carbocycles. The summed E-state index contributed by atoms with van der Waals surface area (Å²) in [5.74, 6) is -0.390. The third-order valence-corrected chi connectivity index (χ3v) is 2.53. The molecule has 1 saturated heterocycles. The number of morpholine rings is 1. The van der Waals surface area contributed by atoms with E-state index in [1.165, 1.54) is 6.07 Å². The maximum absolute atomic E-state index is 12.9. The summed E-state index contributed by atoms with van der Waals surface area (Å²) in [4.78, 5) is 0. The molecule has 0 radical (unpaired) electrons. The van der Waals surface area contributed by atoms with E-state index in [2.05, 4.69) is 5.32 Å². The smallest absolute Gasteiger partial charge is 0.141 e. The van der Waals surface area contributed by atoms with Crippen LogP contribution < -0.4 is 5.32 Å². The van der Waals surface area contributed by atoms with Gasteiger partial charge in [0, 0.05) is 13.1 Å². The zero-order valence-electron chi connectivity index (χ0n) is 7.59. The average Bonchev–Trinajstić information content (AvgIpc) is 2.23. The molecule has 1 N–H and O–H groups in total. The summed E-state index contributed by atoms with van der Waals surface area (Å²) in [6.07, 6.45) is -0.0122. The van der Waals surface area contributed by atoms with E-state index in [0.717, 1.165) is 18.7 Å². The second-order valence-electron chi connectivity index (χ2n) is 3.24. The number of benzene rings is 1. The Kier molecular flexibility index (Phi) is 3.01. The Morgan fingerprint density at radius 1 is 1.50 bits per heavy atom. The molecule has 1 aromatic carbocycles. The molecule has 1 aliphatic heterocycles. The van der Waals surface area contributed by atoms with Crippen LogP contribution in [0.1, 0.15) is 11.7 Å². The van der Waals surface area contributed by atoms with E-state index in [4.69, 9.17) is 16.3 Å². The summed E-state index contributed by atoms with van der Waals surface area (Å²) in [6.45, 7) is 2.30. The van der Waals surface area contributed by atoms with Crippen LogP contribution in [0, 0.1) is 5.82 Å². The van der Waals surface area contributed by atoms with Gasteiger partial charge in [-0.2, -0.15) is 0 Å². The molecule has 1 aromatic rings. The highest BCUT2D eigenvalue weighted by Crippen LogP contribution is 2.23. The molecule has 14 heavy (non-hydrogen) atoms. The van der Waals surface area contributed by atoms with E-state index in [1.807, 2.05) is 0 Å². The summed E-state index contributed by atoms with van der Waals surface area (Å²) in [5.41, 5.74) is 0.920. The molecule has 2 nitrogen and oxygen atoms in total. The number of ether oxygens (including phenoxy) is 1. The standard InChI is InChI=1S/C10H11ClFNO/c11-8-5-7(1-2-9(8)12)10-6-13-3-4-14-10/h1-2,5,10,13H,3-4,6H2/t10-/m1/s1. The van der Waals surface area contributed by atoms with Crippen molar-refractivity contribution in [2.75, 3.05) is 19.7 Å². The molecule has 0 aromatic heterocycles. The predicted molar refractivity (Wildman–Crippen MR) is 53.0 cm³/mol. The van der Waals surface area contributed by atoms with Crippen molar-refractivity contribution in [3.05, 3.63) is 34.6 Å². The summed E-state index contributed by atoms with van der Waals surface area (Å²) >= 11 is 5.68. The van der Waals surface area contributed by atoms with Crippen LogP contribution in [0.4, 0.5) is 4.39 Å². The minimum atomic E-state index is -0.390. The van der Waals surface area contributed by atoms with Gasteiger partial charge in [-0.25, -0.2) is 4.39 Å². The first-order valence-corrected chi connectivity index (χ1v) is 4.92. The Labute approximate surface area is 87.0 Å². The van der Waals surface area contributed by atoms with Crippen LogP contribution >= 0.6 is 11.6 Å². The van der Waals surface area contributed by atoms with Crippen LogP contribution in [0.2, 0.25) is 5.02 Å². The van der Waals surface area contributed by atoms with Gasteiger partial charge in [0.2, 0.25) is 0 Å². The number of halogens is 2. The van der Waals surface area contributed by atoms with Crippen molar-refractivity contribution in [3.63, 3.8) is 0 Å². The fourth-order valence-corrected chi connectivity index (χ4v) is 1.68. The normalized spacial score (nSPS) is 22.3. The maximum atomic E-state index is 12.9. The zero-order chi connectivity index (χ0) is 9.97. The fraction of sp³-hybridized carbons (Fsp3) is 0.400. The Hall–Kier alpha value is -0.640. The third-order valence-electron chi connectivity index (χ3n) is 2.24. The number of nitrogens with one attached hydrogen (secondary N) is 1. The molecule has 76 valence electrons. The first-order chi connectivity index (χ1) is 6.77. The SMILES string of the molecule is Fc1ccc([C@H]2CNCCO2)cc1Cl. The predicted octanol–water partition coefficient (Wildman–Crippen LogP) is 2.14. The molecule has 1 aliphatic rings. The lowest BCUT2D eigenvalue weighted by atomic mass is 10.1. The van der Waals surface area contributed by atoms with E-state index >= 15 is 0 Å². The molecule has 0 amide bonds. The highest BCUT2D eigenvalue weighted by Gasteiger charge is 2.16. The van der Waals surface area contributed by atoms with Gasteiger partial charge in [-0.3, -0.25) is 0 Å². The van der Waals surface area contributed by atoms with Gasteiger partial charge in [-0.15, -0.1) is 0 Å². The molecule has 0 bridgehead atoms. The van der Waals surface area contributed by atoms with Crippen LogP contribution in [0.5, 0.6) is 0 Å². The number of hydrogen-bond donors (Lipinski definition) is 1. The number of rotatable bonds is 1. The van der Waals surface area contributed by atoms with Gasteiger partial charge in [0.05, 0.1) is 17.7 Å². The van der Waals surface area contributed by atoms with Gasteiger partial charge in [0.15, 0.2) is 0 Å². The van der Waals surface area contributed by atoms with Crippen LogP contribution in [0.25, 0.3) is 0 Å². The highest BCUT2D eigenvalue weighted by atomic mass is 35.5. The van der Waals surface area contributed by atoms with Gasteiger partial charge in [-0.05, 0) is 17.7 Å². The van der Waals surface area contributed by atoms with Crippen LogP contribution in [-0.4, -0.2) is 19.7 Å². The Balaban J connectivity index is 2.18. The van der Waals surface area contributed by atoms with Crippen molar-refractivity contribution in [3.8, 4) is 0 Å². The van der Waals surface area contributed by atoms with Crippen LogP contribution in [0.15, 0.2) is 18.2 Å². The maximum Gasteiger partial charge on any atom is 0.141 e. The Morgan fingerprint density at radius 3 is 3.00 bits per heavy atom. The van der Waals surface area contributed by atoms with Crippen molar-refractivity contribution in [1.82, 2.24) is 5.32 Å². The lowest BCUT2D eigenvalue weighted by molar-refractivity contribution is 0.0277. The molecule has 2 rings (SSSR count). The molecular weight excluding hydrogens is 205 g/mol. The molecule has 0 unspecified atom stereocenters. The van der Waals surface area contributed by atoms with Crippen molar-refractivity contribution >= 4 is 11.6 Å². The quantitative estimate of drug-likeness (QED) is 0.775. The lowest BCUT2D eigenvalue weighted by Crippen LogP contribution is -2.33. The van der Waals surface area contributed by atoms with E-state index in [0.29, 0.717) is 6.61 Å². The fourth-order valence-electron chi connectivity index (χ4n) is 1.49. The van der Waals surface area contributed by atoms with Crippen LogP contribution in [-0.2, 0) is 4.74 Å². The van der Waals surface area contributed by atoms with Gasteiger partial charge in [-0.1, -0.05) is 17.7 Å². The van der Waals surface area contributed by atoms with Crippen LogP contribution in [0.3, 0.4) is 0 Å². The molecule has 0 spiro atoms. The molecule has 1 atom stereocenters. The summed E-state index contributed by atoms with van der Waals surface area (Å²) in [5, 5.41) is 3.36. The minimum absolute atomic E-state index is 0.0122. The summed E-state index contributed by atoms with van der Waals surface area (Å²) < 4.78 is 18.4. The first-order valence-electron chi connectivity index (χ1n) is 4.54. The van der Waals surface area contributed by atoms with Gasteiger partial charge >= 0.3 is 0 Å². The molecular formula is C10H11ClFNO. The molecule has 1 fully saturated rings. The summed E-state index contributed by atoms with van der Waals surface area (Å²) in [6, 6.07) is 4.70. The second kappa shape index (κ2) is 4.26. The highest BCUT2D eigenvalue weighted by molar-refractivity contribution is 6.30. The summed E-state index contributed by atoms with van der Waals surface area (Å²) in [7, 11) is 0. The lowest BCUT2D eigenvalue weighted by Gasteiger charge is -2.24. The van der Waals surface area contributed by atoms with Crippen molar-refractivity contribution in [2.45, 2.75) is 6.10 Å². The van der Waals surface area contributed by atoms with Gasteiger partial charge < -0.3 is 10.1 Å². The second-order valence-corrected chi connectivity index (χ2v) is 3.64. The molecule has 4 heteroatoms. The van der Waals surface area contributed by atoms with E-state index < -0.39 is 0 Å². The zero-order valence-corrected chi connectivity index (χ0v) is 8.35. The van der Waals surface area contributed by atoms with Crippen molar-refractivity contribution in [2.24, 2.45) is 0 Å². The third kappa shape index (κ3) is 2.05. The Morgan fingerprint density at radius 2 is 2.36 bits per heavy atom. The van der Waals surface area contributed by atoms with Crippen molar-refractivity contribution in [1.29, 1.82) is 0 Å².